The van der Waals surface area contributed by atoms with Gasteiger partial charge in [0, 0.05) is 48.7 Å². The SMILES string of the molecule is O=C(Nc1sc2c(c1CN1CCNCC1)CCCCC2)c1ccccc1. The van der Waals surface area contributed by atoms with Crippen LogP contribution in [0.15, 0.2) is 30.3 Å². The monoisotopic (exact) mass is 369 g/mol. The number of thiophene rings is 1. The lowest BCUT2D eigenvalue weighted by Gasteiger charge is -2.28. The number of piperazine rings is 1. The molecule has 1 aliphatic carbocycles. The molecular formula is C21H27N3OS. The van der Waals surface area contributed by atoms with E-state index in [0.717, 1.165) is 56.1 Å². The molecule has 1 amide bonds. The summed E-state index contributed by atoms with van der Waals surface area (Å²) < 4.78 is 0. The summed E-state index contributed by atoms with van der Waals surface area (Å²) in [7, 11) is 0. The minimum Gasteiger partial charge on any atom is -0.314 e. The number of nitrogens with zero attached hydrogens (tertiary/aromatic N) is 1. The summed E-state index contributed by atoms with van der Waals surface area (Å²) in [5.41, 5.74) is 3.62. The number of anilines is 1. The standard InChI is InChI=1S/C21H27N3OS/c25-20(16-7-3-1-4-8-16)23-21-18(15-24-13-11-22-12-14-24)17-9-5-2-6-10-19(17)26-21/h1,3-4,7-8,22H,2,5-6,9-15H2,(H,23,25). The Morgan fingerprint density at radius 1 is 1.08 bits per heavy atom. The van der Waals surface area contributed by atoms with E-state index in [-0.39, 0.29) is 5.91 Å². The Kier molecular flexibility index (Phi) is 5.68. The second-order valence-corrected chi connectivity index (χ2v) is 8.32. The number of carbonyl (C=O) groups is 1. The highest BCUT2D eigenvalue weighted by Gasteiger charge is 2.23. The fourth-order valence-corrected chi connectivity index (χ4v) is 5.23. The van der Waals surface area contributed by atoms with Crippen LogP contribution in [0.1, 0.15) is 45.6 Å². The fraction of sp³-hybridized carbons (Fsp3) is 0.476. The van der Waals surface area contributed by atoms with Crippen LogP contribution in [-0.2, 0) is 19.4 Å². The first-order valence-corrected chi connectivity index (χ1v) is 10.6. The molecule has 0 radical (unpaired) electrons. The van der Waals surface area contributed by atoms with Gasteiger partial charge in [-0.3, -0.25) is 9.69 Å². The molecule has 1 saturated heterocycles. The van der Waals surface area contributed by atoms with Gasteiger partial charge in [0.1, 0.15) is 5.00 Å². The molecule has 0 atom stereocenters. The van der Waals surface area contributed by atoms with E-state index >= 15 is 0 Å². The lowest BCUT2D eigenvalue weighted by atomic mass is 10.0. The van der Waals surface area contributed by atoms with Crippen LogP contribution in [0.3, 0.4) is 0 Å². The van der Waals surface area contributed by atoms with Crippen molar-refractivity contribution in [1.29, 1.82) is 0 Å². The summed E-state index contributed by atoms with van der Waals surface area (Å²) >= 11 is 1.81. The van der Waals surface area contributed by atoms with Crippen molar-refractivity contribution < 1.29 is 4.79 Å². The predicted octanol–water partition coefficient (Wildman–Crippen LogP) is 3.67. The van der Waals surface area contributed by atoms with Gasteiger partial charge in [0.2, 0.25) is 0 Å². The number of amides is 1. The average Bonchev–Trinajstić information content (AvgIpc) is 2.84. The fourth-order valence-electron chi connectivity index (χ4n) is 3.93. The van der Waals surface area contributed by atoms with E-state index in [2.05, 4.69) is 15.5 Å². The van der Waals surface area contributed by atoms with Crippen LogP contribution in [0.2, 0.25) is 0 Å². The number of nitrogens with one attached hydrogen (secondary N) is 2. The van der Waals surface area contributed by atoms with E-state index in [1.54, 1.807) is 0 Å². The number of hydrogen-bond acceptors (Lipinski definition) is 4. The van der Waals surface area contributed by atoms with Gasteiger partial charge in [-0.1, -0.05) is 24.6 Å². The molecule has 4 rings (SSSR count). The van der Waals surface area contributed by atoms with Gasteiger partial charge in [0.25, 0.3) is 5.91 Å². The van der Waals surface area contributed by atoms with E-state index < -0.39 is 0 Å². The zero-order valence-electron chi connectivity index (χ0n) is 15.2. The van der Waals surface area contributed by atoms with E-state index in [1.807, 2.05) is 41.7 Å². The molecule has 1 aromatic carbocycles. The molecule has 1 aliphatic heterocycles. The van der Waals surface area contributed by atoms with Crippen molar-refractivity contribution in [3.8, 4) is 0 Å². The van der Waals surface area contributed by atoms with E-state index in [0.29, 0.717) is 0 Å². The van der Waals surface area contributed by atoms with E-state index in [1.165, 1.54) is 35.3 Å². The highest BCUT2D eigenvalue weighted by molar-refractivity contribution is 7.16. The number of aryl methyl sites for hydroxylation is 1. The zero-order valence-corrected chi connectivity index (χ0v) is 16.0. The first-order valence-electron chi connectivity index (χ1n) is 9.74. The maximum atomic E-state index is 12.7. The molecule has 2 N–H and O–H groups in total. The molecule has 138 valence electrons. The minimum atomic E-state index is 0.00331. The first kappa shape index (κ1) is 17.7. The molecule has 0 spiro atoms. The Morgan fingerprint density at radius 2 is 1.85 bits per heavy atom. The highest BCUT2D eigenvalue weighted by Crippen LogP contribution is 2.38. The molecule has 0 saturated carbocycles. The third-order valence-corrected chi connectivity index (χ3v) is 6.63. The van der Waals surface area contributed by atoms with Gasteiger partial charge in [-0.2, -0.15) is 0 Å². The van der Waals surface area contributed by atoms with Crippen molar-refractivity contribution in [2.24, 2.45) is 0 Å². The number of rotatable bonds is 4. The largest absolute Gasteiger partial charge is 0.314 e. The summed E-state index contributed by atoms with van der Waals surface area (Å²) in [4.78, 5) is 16.7. The molecule has 1 fully saturated rings. The lowest BCUT2D eigenvalue weighted by molar-refractivity contribution is 0.102. The van der Waals surface area contributed by atoms with Gasteiger partial charge < -0.3 is 10.6 Å². The predicted molar refractivity (Wildman–Crippen MR) is 108 cm³/mol. The second-order valence-electron chi connectivity index (χ2n) is 7.22. The molecule has 2 aromatic rings. The Hall–Kier alpha value is -1.69. The van der Waals surface area contributed by atoms with Gasteiger partial charge in [-0.05, 0) is 43.4 Å². The molecule has 5 heteroatoms. The maximum absolute atomic E-state index is 12.7. The molecule has 0 bridgehead atoms. The first-order chi connectivity index (χ1) is 12.8. The molecule has 0 unspecified atom stereocenters. The van der Waals surface area contributed by atoms with E-state index in [4.69, 9.17) is 0 Å². The van der Waals surface area contributed by atoms with E-state index in [9.17, 15) is 4.79 Å². The smallest absolute Gasteiger partial charge is 0.256 e. The van der Waals surface area contributed by atoms with Crippen molar-refractivity contribution in [2.45, 2.75) is 38.6 Å². The van der Waals surface area contributed by atoms with Crippen LogP contribution in [0, 0.1) is 0 Å². The second kappa shape index (κ2) is 8.33. The van der Waals surface area contributed by atoms with Gasteiger partial charge in [-0.25, -0.2) is 0 Å². The summed E-state index contributed by atoms with van der Waals surface area (Å²) in [6.45, 7) is 5.22. The summed E-state index contributed by atoms with van der Waals surface area (Å²) in [5.74, 6) is 0.00331. The molecule has 4 nitrogen and oxygen atoms in total. The van der Waals surface area contributed by atoms with Crippen LogP contribution in [-0.4, -0.2) is 37.0 Å². The van der Waals surface area contributed by atoms with Crippen molar-refractivity contribution in [3.05, 3.63) is 51.9 Å². The Morgan fingerprint density at radius 3 is 2.65 bits per heavy atom. The topological polar surface area (TPSA) is 44.4 Å². The van der Waals surface area contributed by atoms with Gasteiger partial charge in [0.05, 0.1) is 0 Å². The number of benzene rings is 1. The lowest BCUT2D eigenvalue weighted by Crippen LogP contribution is -2.43. The summed E-state index contributed by atoms with van der Waals surface area (Å²) in [6.07, 6.45) is 6.18. The Bertz CT molecular complexity index is 750. The van der Waals surface area contributed by atoms with Crippen LogP contribution in [0.25, 0.3) is 0 Å². The van der Waals surface area contributed by atoms with Gasteiger partial charge in [0.15, 0.2) is 0 Å². The number of carbonyl (C=O) groups excluding carboxylic acids is 1. The van der Waals surface area contributed by atoms with Crippen LogP contribution in [0.4, 0.5) is 5.00 Å². The van der Waals surface area contributed by atoms with Crippen molar-refractivity contribution >= 4 is 22.2 Å². The Balaban J connectivity index is 1.61. The normalized spacial score (nSPS) is 18.2. The number of fused-ring (bicyclic) bond motifs is 1. The molecule has 2 heterocycles. The van der Waals surface area contributed by atoms with Crippen molar-refractivity contribution in [1.82, 2.24) is 10.2 Å². The average molecular weight is 370 g/mol. The van der Waals surface area contributed by atoms with Gasteiger partial charge in [-0.15, -0.1) is 11.3 Å². The molecule has 2 aliphatic rings. The number of hydrogen-bond donors (Lipinski definition) is 2. The summed E-state index contributed by atoms with van der Waals surface area (Å²) in [5, 5.41) is 7.73. The van der Waals surface area contributed by atoms with Crippen LogP contribution < -0.4 is 10.6 Å². The Labute approximate surface area is 159 Å². The molecular weight excluding hydrogens is 342 g/mol. The third-order valence-electron chi connectivity index (χ3n) is 5.39. The van der Waals surface area contributed by atoms with Crippen molar-refractivity contribution in [3.63, 3.8) is 0 Å². The van der Waals surface area contributed by atoms with Crippen LogP contribution in [0.5, 0.6) is 0 Å². The minimum absolute atomic E-state index is 0.00331. The van der Waals surface area contributed by atoms with Gasteiger partial charge >= 0.3 is 0 Å². The zero-order chi connectivity index (χ0) is 17.8. The summed E-state index contributed by atoms with van der Waals surface area (Å²) in [6, 6.07) is 9.54. The molecule has 26 heavy (non-hydrogen) atoms. The molecule has 1 aromatic heterocycles. The van der Waals surface area contributed by atoms with Crippen LogP contribution >= 0.6 is 11.3 Å². The quantitative estimate of drug-likeness (QED) is 0.808. The third kappa shape index (κ3) is 4.00. The van der Waals surface area contributed by atoms with Crippen molar-refractivity contribution in [2.75, 3.05) is 31.5 Å². The highest BCUT2D eigenvalue weighted by atomic mass is 32.1. The maximum Gasteiger partial charge on any atom is 0.256 e.